The Hall–Kier alpha value is -1.64. The van der Waals surface area contributed by atoms with E-state index in [1.807, 2.05) is 25.2 Å². The zero-order valence-corrected chi connectivity index (χ0v) is 14.5. The van der Waals surface area contributed by atoms with Gasteiger partial charge in [-0.1, -0.05) is 44.9 Å². The zero-order chi connectivity index (χ0) is 16.8. The van der Waals surface area contributed by atoms with Gasteiger partial charge in [-0.15, -0.1) is 0 Å². The van der Waals surface area contributed by atoms with Gasteiger partial charge in [0.2, 0.25) is 0 Å². The number of ether oxygens (including phenoxy) is 1. The smallest absolute Gasteiger partial charge is 0.338 e. The fourth-order valence-corrected chi connectivity index (χ4v) is 5.15. The van der Waals surface area contributed by atoms with Crippen molar-refractivity contribution in [3.05, 3.63) is 35.5 Å². The van der Waals surface area contributed by atoms with Crippen LogP contribution in [-0.4, -0.2) is 18.4 Å². The molecule has 3 heteroatoms. The van der Waals surface area contributed by atoms with Crippen LogP contribution in [0.1, 0.15) is 47.0 Å². The molecule has 3 atom stereocenters. The van der Waals surface area contributed by atoms with Gasteiger partial charge in [0.1, 0.15) is 6.61 Å². The maximum atomic E-state index is 12.7. The molecule has 1 heterocycles. The van der Waals surface area contributed by atoms with Gasteiger partial charge in [0, 0.05) is 11.8 Å². The van der Waals surface area contributed by atoms with Crippen molar-refractivity contribution in [2.24, 2.45) is 22.7 Å². The first-order valence-corrected chi connectivity index (χ1v) is 8.53. The van der Waals surface area contributed by atoms with Gasteiger partial charge in [-0.05, 0) is 42.7 Å². The molecule has 3 nitrogen and oxygen atoms in total. The normalized spacial score (nSPS) is 36.5. The van der Waals surface area contributed by atoms with Crippen molar-refractivity contribution in [2.45, 2.75) is 47.0 Å². The lowest BCUT2D eigenvalue weighted by Gasteiger charge is -2.55. The van der Waals surface area contributed by atoms with Crippen LogP contribution in [0.3, 0.4) is 0 Å². The summed E-state index contributed by atoms with van der Waals surface area (Å²) in [5.41, 5.74) is 1.69. The third kappa shape index (κ3) is 2.60. The topological polar surface area (TPSA) is 43.4 Å². The summed E-state index contributed by atoms with van der Waals surface area (Å²) in [4.78, 5) is 24.4. The van der Waals surface area contributed by atoms with Crippen molar-refractivity contribution in [2.75, 3.05) is 6.61 Å². The fourth-order valence-electron chi connectivity index (χ4n) is 5.15. The van der Waals surface area contributed by atoms with Crippen LogP contribution < -0.4 is 0 Å². The van der Waals surface area contributed by atoms with E-state index in [4.69, 9.17) is 4.74 Å². The molecule has 0 N–H and O–H groups in total. The molecule has 0 saturated heterocycles. The van der Waals surface area contributed by atoms with Crippen molar-refractivity contribution in [3.8, 4) is 0 Å². The summed E-state index contributed by atoms with van der Waals surface area (Å²) in [6, 6.07) is 0. The molecule has 3 rings (SSSR count). The van der Waals surface area contributed by atoms with Crippen LogP contribution >= 0.6 is 0 Å². The van der Waals surface area contributed by atoms with E-state index >= 15 is 0 Å². The molecular formula is C20H26O3. The second kappa shape index (κ2) is 5.47. The Bertz CT molecular complexity index is 635. The highest BCUT2D eigenvalue weighted by Gasteiger charge is 2.54. The van der Waals surface area contributed by atoms with Crippen molar-refractivity contribution in [3.63, 3.8) is 0 Å². The van der Waals surface area contributed by atoms with Crippen LogP contribution in [0.15, 0.2) is 35.5 Å². The number of hydrogen-bond acceptors (Lipinski definition) is 3. The first kappa shape index (κ1) is 16.2. The Balaban J connectivity index is 1.98. The zero-order valence-electron chi connectivity index (χ0n) is 14.5. The first-order chi connectivity index (χ1) is 10.8. The lowest BCUT2D eigenvalue weighted by Crippen LogP contribution is -2.52. The number of carbonyl (C=O) groups is 2. The molecule has 0 aromatic carbocycles. The molecule has 0 amide bonds. The van der Waals surface area contributed by atoms with Crippen LogP contribution in [0.2, 0.25) is 0 Å². The highest BCUT2D eigenvalue weighted by atomic mass is 16.5. The Morgan fingerprint density at radius 1 is 1.22 bits per heavy atom. The number of allylic oxidation sites excluding steroid dienone is 3. The molecule has 1 fully saturated rings. The van der Waals surface area contributed by atoms with E-state index < -0.39 is 0 Å². The molecule has 1 saturated carbocycles. The van der Waals surface area contributed by atoms with Gasteiger partial charge >= 0.3 is 5.97 Å². The van der Waals surface area contributed by atoms with Crippen LogP contribution in [-0.2, 0) is 14.3 Å². The molecule has 0 aromatic rings. The van der Waals surface area contributed by atoms with E-state index in [-0.39, 0.29) is 34.4 Å². The fraction of sp³-hybridized carbons (Fsp3) is 0.600. The molecule has 0 aromatic heterocycles. The number of hydrogen-bond donors (Lipinski definition) is 0. The third-order valence-electron chi connectivity index (χ3n) is 6.05. The van der Waals surface area contributed by atoms with Crippen molar-refractivity contribution in [1.82, 2.24) is 0 Å². The van der Waals surface area contributed by atoms with Gasteiger partial charge in [0.25, 0.3) is 0 Å². The summed E-state index contributed by atoms with van der Waals surface area (Å²) in [5.74, 6) is 0.268. The monoisotopic (exact) mass is 314 g/mol. The summed E-state index contributed by atoms with van der Waals surface area (Å²) in [7, 11) is 0. The molecule has 1 aliphatic heterocycles. The minimum Gasteiger partial charge on any atom is -0.458 e. The number of carbonyl (C=O) groups excluding carboxylic acids is 2. The molecule has 3 aliphatic rings. The van der Waals surface area contributed by atoms with E-state index in [1.165, 1.54) is 0 Å². The second-order valence-corrected chi connectivity index (χ2v) is 8.17. The van der Waals surface area contributed by atoms with Gasteiger partial charge in [0.15, 0.2) is 5.78 Å². The van der Waals surface area contributed by atoms with E-state index in [0.29, 0.717) is 12.2 Å². The number of rotatable bonds is 2. The van der Waals surface area contributed by atoms with Crippen LogP contribution in [0, 0.1) is 22.7 Å². The molecule has 0 radical (unpaired) electrons. The quantitative estimate of drug-likeness (QED) is 0.723. The maximum Gasteiger partial charge on any atom is 0.338 e. The Kier molecular flexibility index (Phi) is 3.86. The molecule has 0 unspecified atom stereocenters. The molecule has 0 spiro atoms. The number of fused-ring (bicyclic) bond motifs is 1. The second-order valence-electron chi connectivity index (χ2n) is 8.17. The number of ketones is 1. The van der Waals surface area contributed by atoms with Crippen molar-refractivity contribution < 1.29 is 14.3 Å². The lowest BCUT2D eigenvalue weighted by atomic mass is 9.48. The summed E-state index contributed by atoms with van der Waals surface area (Å²) in [6.07, 6.45) is 10.9. The average molecular weight is 314 g/mol. The molecule has 23 heavy (non-hydrogen) atoms. The van der Waals surface area contributed by atoms with Crippen LogP contribution in [0.5, 0.6) is 0 Å². The van der Waals surface area contributed by atoms with Crippen LogP contribution in [0.25, 0.3) is 0 Å². The van der Waals surface area contributed by atoms with Gasteiger partial charge in [-0.25, -0.2) is 4.79 Å². The highest BCUT2D eigenvalue weighted by Crippen LogP contribution is 2.58. The summed E-state index contributed by atoms with van der Waals surface area (Å²) < 4.78 is 4.96. The predicted octanol–water partition coefficient (Wildman–Crippen LogP) is 4.00. The van der Waals surface area contributed by atoms with E-state index in [0.717, 1.165) is 24.8 Å². The van der Waals surface area contributed by atoms with E-state index in [9.17, 15) is 9.59 Å². The largest absolute Gasteiger partial charge is 0.458 e. The molecular weight excluding hydrogens is 288 g/mol. The third-order valence-corrected chi connectivity index (χ3v) is 6.05. The molecule has 0 bridgehead atoms. The average Bonchev–Trinajstić information content (AvgIpc) is 2.82. The van der Waals surface area contributed by atoms with Gasteiger partial charge in [0.05, 0.1) is 5.57 Å². The van der Waals surface area contributed by atoms with Gasteiger partial charge < -0.3 is 4.74 Å². The maximum absolute atomic E-state index is 12.7. The number of cyclic esters (lactones) is 1. The van der Waals surface area contributed by atoms with Crippen molar-refractivity contribution >= 4 is 11.8 Å². The SMILES string of the molecule is CC1=CC(=O)[C@H]2C(C)(C)CCC[C@]2(C)[C@H]1C=CC1=CCOC1=O. The van der Waals surface area contributed by atoms with Crippen LogP contribution in [0.4, 0.5) is 0 Å². The number of esters is 1. The van der Waals surface area contributed by atoms with E-state index in [1.54, 1.807) is 0 Å². The summed E-state index contributed by atoms with van der Waals surface area (Å²) >= 11 is 0. The Labute approximate surface area is 138 Å². The minimum atomic E-state index is -0.250. The first-order valence-electron chi connectivity index (χ1n) is 8.53. The highest BCUT2D eigenvalue weighted by molar-refractivity contribution is 5.95. The Morgan fingerprint density at radius 2 is 1.96 bits per heavy atom. The summed E-state index contributed by atoms with van der Waals surface area (Å²) in [5, 5.41) is 0. The predicted molar refractivity (Wildman–Crippen MR) is 89.7 cm³/mol. The van der Waals surface area contributed by atoms with Gasteiger partial charge in [-0.3, -0.25) is 4.79 Å². The Morgan fingerprint density at radius 3 is 2.61 bits per heavy atom. The lowest BCUT2D eigenvalue weighted by molar-refractivity contribution is -0.136. The van der Waals surface area contributed by atoms with Gasteiger partial charge in [-0.2, -0.15) is 0 Å². The van der Waals surface area contributed by atoms with Crippen molar-refractivity contribution in [1.29, 1.82) is 0 Å². The molecule has 2 aliphatic carbocycles. The van der Waals surface area contributed by atoms with E-state index in [2.05, 4.69) is 26.8 Å². The standard InChI is InChI=1S/C20H26O3/c1-13-12-16(21)17-19(2,3)9-5-10-20(17,4)15(13)7-6-14-8-11-23-18(14)22/h6-8,12,15,17H,5,9-11H2,1-4H3/t15-,17-,20+/m0/s1. The summed E-state index contributed by atoms with van der Waals surface area (Å²) in [6.45, 7) is 9.10. The minimum absolute atomic E-state index is 0.0267. The molecule has 124 valence electrons.